The molecule has 0 spiro atoms. The zero-order valence-corrected chi connectivity index (χ0v) is 15.7. The molecule has 0 saturated carbocycles. The summed E-state index contributed by atoms with van der Waals surface area (Å²) in [6, 6.07) is 11.8. The van der Waals surface area contributed by atoms with Gasteiger partial charge in [0.1, 0.15) is 5.82 Å². The van der Waals surface area contributed by atoms with Crippen LogP contribution in [0.4, 0.5) is 15.8 Å². The number of nitrogens with zero attached hydrogens (tertiary/aromatic N) is 3. The second-order valence-corrected chi connectivity index (χ2v) is 6.81. The third kappa shape index (κ3) is 4.00. The molecule has 1 aliphatic heterocycles. The summed E-state index contributed by atoms with van der Waals surface area (Å²) in [6.45, 7) is 2.44. The van der Waals surface area contributed by atoms with Crippen LogP contribution < -0.4 is 10.2 Å². The number of rotatable bonds is 4. The molecule has 6 nitrogen and oxygen atoms in total. The first-order valence-electron chi connectivity index (χ1n) is 8.84. The summed E-state index contributed by atoms with van der Waals surface area (Å²) in [4.78, 5) is 14.4. The van der Waals surface area contributed by atoms with Gasteiger partial charge < -0.3 is 15.0 Å². The third-order valence-corrected chi connectivity index (χ3v) is 4.71. The average molecular weight is 401 g/mol. The molecule has 1 amide bonds. The molecule has 1 fully saturated rings. The number of carbonyl (C=O) groups is 1. The molecular weight excluding hydrogens is 383 g/mol. The highest BCUT2D eigenvalue weighted by atomic mass is 35.5. The fourth-order valence-electron chi connectivity index (χ4n) is 3.05. The summed E-state index contributed by atoms with van der Waals surface area (Å²) < 4.78 is 21.3. The Bertz CT molecular complexity index is 1000. The first-order valence-corrected chi connectivity index (χ1v) is 9.22. The lowest BCUT2D eigenvalue weighted by atomic mass is 10.2. The number of nitrogens with one attached hydrogen (secondary N) is 1. The highest BCUT2D eigenvalue weighted by molar-refractivity contribution is 6.30. The Labute approximate surface area is 166 Å². The molecule has 1 aromatic heterocycles. The molecule has 4 rings (SSSR count). The minimum atomic E-state index is -0.380. The number of morpholine rings is 1. The molecule has 2 heterocycles. The number of halogens is 2. The van der Waals surface area contributed by atoms with Gasteiger partial charge in [0.25, 0.3) is 5.91 Å². The predicted octanol–water partition coefficient (Wildman–Crippen LogP) is 3.75. The Hall–Kier alpha value is -2.90. The van der Waals surface area contributed by atoms with E-state index in [1.165, 1.54) is 12.3 Å². The van der Waals surface area contributed by atoms with Gasteiger partial charge in [-0.2, -0.15) is 5.10 Å². The van der Waals surface area contributed by atoms with E-state index < -0.39 is 0 Å². The van der Waals surface area contributed by atoms with Crippen molar-refractivity contribution in [2.24, 2.45) is 0 Å². The fraction of sp³-hybridized carbons (Fsp3) is 0.200. The Morgan fingerprint density at radius 3 is 2.75 bits per heavy atom. The van der Waals surface area contributed by atoms with Crippen molar-refractivity contribution >= 4 is 28.9 Å². The van der Waals surface area contributed by atoms with Gasteiger partial charge in [0, 0.05) is 30.0 Å². The van der Waals surface area contributed by atoms with Gasteiger partial charge in [-0.15, -0.1) is 0 Å². The van der Waals surface area contributed by atoms with Crippen molar-refractivity contribution in [2.75, 3.05) is 36.5 Å². The largest absolute Gasteiger partial charge is 0.378 e. The van der Waals surface area contributed by atoms with E-state index in [0.717, 1.165) is 5.69 Å². The zero-order valence-electron chi connectivity index (χ0n) is 14.9. The van der Waals surface area contributed by atoms with Gasteiger partial charge in [-0.3, -0.25) is 4.79 Å². The second-order valence-electron chi connectivity index (χ2n) is 6.37. The maximum Gasteiger partial charge on any atom is 0.258 e. The number of hydrogen-bond acceptors (Lipinski definition) is 4. The summed E-state index contributed by atoms with van der Waals surface area (Å²) in [6.07, 6.45) is 3.05. The lowest BCUT2D eigenvalue weighted by molar-refractivity contribution is 0.102. The van der Waals surface area contributed by atoms with Gasteiger partial charge >= 0.3 is 0 Å². The van der Waals surface area contributed by atoms with E-state index in [9.17, 15) is 9.18 Å². The van der Waals surface area contributed by atoms with Crippen LogP contribution in [0.2, 0.25) is 5.02 Å². The van der Waals surface area contributed by atoms with Crippen molar-refractivity contribution in [2.45, 2.75) is 0 Å². The van der Waals surface area contributed by atoms with Crippen molar-refractivity contribution in [3.63, 3.8) is 0 Å². The first-order chi connectivity index (χ1) is 13.6. The minimum absolute atomic E-state index is 0.359. The molecule has 144 valence electrons. The maximum absolute atomic E-state index is 14.5. The van der Waals surface area contributed by atoms with Gasteiger partial charge in [-0.05, 0) is 36.4 Å². The van der Waals surface area contributed by atoms with Crippen LogP contribution in [-0.2, 0) is 4.74 Å². The van der Waals surface area contributed by atoms with Crippen LogP contribution in [-0.4, -0.2) is 42.0 Å². The molecule has 1 N–H and O–H groups in total. The number of aromatic nitrogens is 2. The maximum atomic E-state index is 14.5. The Balaban J connectivity index is 1.47. The SMILES string of the molecule is O=C(Nc1ccc(N2CCOCC2)c(F)c1)c1cnn(-c2cccc(Cl)c2)c1. The van der Waals surface area contributed by atoms with E-state index in [-0.39, 0.29) is 11.7 Å². The average Bonchev–Trinajstić information content (AvgIpc) is 3.19. The summed E-state index contributed by atoms with van der Waals surface area (Å²) >= 11 is 5.99. The summed E-state index contributed by atoms with van der Waals surface area (Å²) in [5, 5.41) is 7.47. The first kappa shape index (κ1) is 18.5. The number of anilines is 2. The highest BCUT2D eigenvalue weighted by Gasteiger charge is 2.16. The van der Waals surface area contributed by atoms with Gasteiger partial charge in [0.05, 0.1) is 36.3 Å². The van der Waals surface area contributed by atoms with Gasteiger partial charge in [0.15, 0.2) is 0 Å². The van der Waals surface area contributed by atoms with E-state index in [4.69, 9.17) is 16.3 Å². The second kappa shape index (κ2) is 8.00. The number of amides is 1. The molecule has 0 radical (unpaired) electrons. The zero-order chi connectivity index (χ0) is 19.5. The van der Waals surface area contributed by atoms with E-state index in [1.807, 2.05) is 11.0 Å². The smallest absolute Gasteiger partial charge is 0.258 e. The quantitative estimate of drug-likeness (QED) is 0.724. The number of hydrogen-bond donors (Lipinski definition) is 1. The Morgan fingerprint density at radius 1 is 1.18 bits per heavy atom. The lowest BCUT2D eigenvalue weighted by Crippen LogP contribution is -2.36. The molecule has 3 aromatic rings. The topological polar surface area (TPSA) is 59.4 Å². The molecule has 28 heavy (non-hydrogen) atoms. The van der Waals surface area contributed by atoms with Crippen LogP contribution in [0.25, 0.3) is 5.69 Å². The third-order valence-electron chi connectivity index (χ3n) is 4.47. The monoisotopic (exact) mass is 400 g/mol. The molecule has 0 atom stereocenters. The number of benzene rings is 2. The summed E-state index contributed by atoms with van der Waals surface area (Å²) in [5.41, 5.74) is 2.00. The lowest BCUT2D eigenvalue weighted by Gasteiger charge is -2.29. The predicted molar refractivity (Wildman–Crippen MR) is 106 cm³/mol. The van der Waals surface area contributed by atoms with E-state index in [1.54, 1.807) is 41.2 Å². The number of carbonyl (C=O) groups excluding carboxylic acids is 1. The number of ether oxygens (including phenoxy) is 1. The van der Waals surface area contributed by atoms with Gasteiger partial charge in [-0.25, -0.2) is 9.07 Å². The fourth-order valence-corrected chi connectivity index (χ4v) is 3.23. The molecule has 8 heteroatoms. The van der Waals surface area contributed by atoms with Gasteiger partial charge in [-0.1, -0.05) is 17.7 Å². The summed E-state index contributed by atoms with van der Waals surface area (Å²) in [5.74, 6) is -0.749. The molecule has 0 unspecified atom stereocenters. The van der Waals surface area contributed by atoms with Crippen molar-refractivity contribution in [3.05, 3.63) is 71.3 Å². The van der Waals surface area contributed by atoms with Crippen molar-refractivity contribution < 1.29 is 13.9 Å². The van der Waals surface area contributed by atoms with Crippen molar-refractivity contribution in [3.8, 4) is 5.69 Å². The van der Waals surface area contributed by atoms with Crippen LogP contribution in [0.3, 0.4) is 0 Å². The van der Waals surface area contributed by atoms with Crippen molar-refractivity contribution in [1.82, 2.24) is 9.78 Å². The van der Waals surface area contributed by atoms with Gasteiger partial charge in [0.2, 0.25) is 0 Å². The van der Waals surface area contributed by atoms with E-state index in [2.05, 4.69) is 10.4 Å². The molecule has 0 aliphatic carbocycles. The Kier molecular flexibility index (Phi) is 5.27. The van der Waals surface area contributed by atoms with E-state index >= 15 is 0 Å². The van der Waals surface area contributed by atoms with Crippen molar-refractivity contribution in [1.29, 1.82) is 0 Å². The highest BCUT2D eigenvalue weighted by Crippen LogP contribution is 2.24. The normalized spacial score (nSPS) is 14.1. The van der Waals surface area contributed by atoms with Crippen LogP contribution in [0.15, 0.2) is 54.9 Å². The molecular formula is C20H18ClFN4O2. The van der Waals surface area contributed by atoms with Crippen LogP contribution in [0.1, 0.15) is 10.4 Å². The standard InChI is InChI=1S/C20H18ClFN4O2/c21-15-2-1-3-17(10-15)26-13-14(12-23-26)20(27)24-16-4-5-19(18(22)11-16)25-6-8-28-9-7-25/h1-5,10-13H,6-9H2,(H,24,27). The molecule has 2 aromatic carbocycles. The molecule has 1 saturated heterocycles. The molecule has 1 aliphatic rings. The summed E-state index contributed by atoms with van der Waals surface area (Å²) in [7, 11) is 0. The molecule has 0 bridgehead atoms. The van der Waals surface area contributed by atoms with Crippen LogP contribution in [0, 0.1) is 5.82 Å². The van der Waals surface area contributed by atoms with E-state index in [0.29, 0.717) is 48.3 Å². The van der Waals surface area contributed by atoms with Crippen LogP contribution >= 0.6 is 11.6 Å². The van der Waals surface area contributed by atoms with Crippen LogP contribution in [0.5, 0.6) is 0 Å². The minimum Gasteiger partial charge on any atom is -0.378 e. The Morgan fingerprint density at radius 2 is 2.00 bits per heavy atom.